The molecular weight excluding hydrogens is 233 g/mol. The van der Waals surface area contributed by atoms with E-state index in [9.17, 15) is 9.18 Å². The molecule has 0 atom stereocenters. The Morgan fingerprint density at radius 1 is 1.39 bits per heavy atom. The second-order valence-electron chi connectivity index (χ2n) is 3.95. The molecular formula is C14H16FNO2. The Balaban J connectivity index is 2.27. The van der Waals surface area contributed by atoms with Gasteiger partial charge in [-0.05, 0) is 12.1 Å². The minimum atomic E-state index is -0.410. The Bertz CT molecular complexity index is 460. The van der Waals surface area contributed by atoms with E-state index in [-0.39, 0.29) is 30.7 Å². The highest BCUT2D eigenvalue weighted by atomic mass is 19.1. The Kier molecular flexibility index (Phi) is 5.72. The standard InChI is InChI=1S/C14H16FNO2/c1-11(2)14(17)16-9-5-6-10-18-13-8-4-3-7-12(13)15/h3-4,7-8,11H,9-10H2,1-2H3,(H,16,17). The normalized spacial score (nSPS) is 9.56. The van der Waals surface area contributed by atoms with E-state index in [0.717, 1.165) is 0 Å². The summed E-state index contributed by atoms with van der Waals surface area (Å²) in [6, 6.07) is 6.15. The van der Waals surface area contributed by atoms with Gasteiger partial charge >= 0.3 is 0 Å². The third-order valence-electron chi connectivity index (χ3n) is 2.14. The summed E-state index contributed by atoms with van der Waals surface area (Å²) < 4.78 is 18.3. The van der Waals surface area contributed by atoms with Gasteiger partial charge in [0.1, 0.15) is 6.61 Å². The molecule has 0 spiro atoms. The number of nitrogens with one attached hydrogen (secondary N) is 1. The first kappa shape index (κ1) is 14.0. The third-order valence-corrected chi connectivity index (χ3v) is 2.14. The van der Waals surface area contributed by atoms with Gasteiger partial charge in [-0.2, -0.15) is 0 Å². The predicted octanol–water partition coefficient (Wildman–Crippen LogP) is 1.98. The van der Waals surface area contributed by atoms with Crippen molar-refractivity contribution in [3.63, 3.8) is 0 Å². The molecule has 0 bridgehead atoms. The molecule has 0 fully saturated rings. The van der Waals surface area contributed by atoms with Crippen LogP contribution in [0.5, 0.6) is 5.75 Å². The second kappa shape index (κ2) is 7.33. The average molecular weight is 249 g/mol. The first-order chi connectivity index (χ1) is 8.61. The van der Waals surface area contributed by atoms with Crippen molar-refractivity contribution >= 4 is 5.91 Å². The van der Waals surface area contributed by atoms with E-state index in [4.69, 9.17) is 4.74 Å². The van der Waals surface area contributed by atoms with Gasteiger partial charge in [-0.3, -0.25) is 4.79 Å². The summed E-state index contributed by atoms with van der Waals surface area (Å²) in [5.74, 6) is 5.11. The van der Waals surface area contributed by atoms with Crippen LogP contribution in [0.15, 0.2) is 24.3 Å². The number of rotatable bonds is 4. The van der Waals surface area contributed by atoms with Crippen LogP contribution in [0.4, 0.5) is 4.39 Å². The van der Waals surface area contributed by atoms with E-state index >= 15 is 0 Å². The Labute approximate surface area is 106 Å². The van der Waals surface area contributed by atoms with Crippen molar-refractivity contribution in [1.82, 2.24) is 5.32 Å². The van der Waals surface area contributed by atoms with Gasteiger partial charge in [-0.25, -0.2) is 4.39 Å². The molecule has 1 aromatic carbocycles. The molecule has 96 valence electrons. The summed E-state index contributed by atoms with van der Waals surface area (Å²) in [6.45, 7) is 3.99. The quantitative estimate of drug-likeness (QED) is 0.829. The molecule has 0 radical (unpaired) electrons. The zero-order valence-corrected chi connectivity index (χ0v) is 10.5. The van der Waals surface area contributed by atoms with E-state index < -0.39 is 5.82 Å². The van der Waals surface area contributed by atoms with Crippen molar-refractivity contribution in [3.05, 3.63) is 30.1 Å². The fraction of sp³-hybridized carbons (Fsp3) is 0.357. The Morgan fingerprint density at radius 3 is 2.78 bits per heavy atom. The van der Waals surface area contributed by atoms with E-state index in [2.05, 4.69) is 17.2 Å². The number of benzene rings is 1. The van der Waals surface area contributed by atoms with Gasteiger partial charge in [0.2, 0.25) is 5.91 Å². The van der Waals surface area contributed by atoms with Crippen LogP contribution in [0.25, 0.3) is 0 Å². The monoisotopic (exact) mass is 249 g/mol. The Hall–Kier alpha value is -2.02. The number of ether oxygens (including phenoxy) is 1. The lowest BCUT2D eigenvalue weighted by molar-refractivity contribution is -0.123. The molecule has 3 nitrogen and oxygen atoms in total. The number of carbonyl (C=O) groups excluding carboxylic acids is 1. The lowest BCUT2D eigenvalue weighted by Gasteiger charge is -2.03. The maximum absolute atomic E-state index is 13.1. The van der Waals surface area contributed by atoms with E-state index in [0.29, 0.717) is 0 Å². The van der Waals surface area contributed by atoms with Crippen LogP contribution in [0.3, 0.4) is 0 Å². The lowest BCUT2D eigenvalue weighted by atomic mass is 10.2. The number of amides is 1. The van der Waals surface area contributed by atoms with Crippen LogP contribution in [0, 0.1) is 23.6 Å². The van der Waals surface area contributed by atoms with Gasteiger partial charge in [0.25, 0.3) is 0 Å². The molecule has 1 N–H and O–H groups in total. The zero-order valence-electron chi connectivity index (χ0n) is 10.5. The molecule has 1 rings (SSSR count). The van der Waals surface area contributed by atoms with Gasteiger partial charge in [-0.1, -0.05) is 37.8 Å². The largest absolute Gasteiger partial charge is 0.478 e. The molecule has 0 aliphatic rings. The molecule has 0 heterocycles. The minimum Gasteiger partial charge on any atom is -0.478 e. The molecule has 18 heavy (non-hydrogen) atoms. The second-order valence-corrected chi connectivity index (χ2v) is 3.95. The van der Waals surface area contributed by atoms with Crippen molar-refractivity contribution < 1.29 is 13.9 Å². The number of hydrogen-bond acceptors (Lipinski definition) is 2. The van der Waals surface area contributed by atoms with Crippen molar-refractivity contribution in [2.75, 3.05) is 13.2 Å². The fourth-order valence-electron chi connectivity index (χ4n) is 1.12. The number of para-hydroxylation sites is 1. The molecule has 4 heteroatoms. The van der Waals surface area contributed by atoms with E-state index in [1.54, 1.807) is 12.1 Å². The van der Waals surface area contributed by atoms with Crippen LogP contribution in [-0.2, 0) is 4.79 Å². The number of halogens is 1. The first-order valence-electron chi connectivity index (χ1n) is 5.72. The molecule has 0 saturated carbocycles. The van der Waals surface area contributed by atoms with Crippen LogP contribution in [0.1, 0.15) is 13.8 Å². The molecule has 0 aliphatic heterocycles. The van der Waals surface area contributed by atoms with Gasteiger partial charge in [-0.15, -0.1) is 0 Å². The summed E-state index contributed by atoms with van der Waals surface area (Å²) in [5, 5.41) is 2.65. The van der Waals surface area contributed by atoms with Gasteiger partial charge in [0.15, 0.2) is 11.6 Å². The van der Waals surface area contributed by atoms with Gasteiger partial charge < -0.3 is 10.1 Å². The first-order valence-corrected chi connectivity index (χ1v) is 5.72. The van der Waals surface area contributed by atoms with Crippen LogP contribution >= 0.6 is 0 Å². The number of carbonyl (C=O) groups is 1. The smallest absolute Gasteiger partial charge is 0.223 e. The fourth-order valence-corrected chi connectivity index (χ4v) is 1.12. The van der Waals surface area contributed by atoms with Crippen molar-refractivity contribution in [3.8, 4) is 17.6 Å². The maximum Gasteiger partial charge on any atom is 0.223 e. The third kappa shape index (κ3) is 4.88. The topological polar surface area (TPSA) is 38.3 Å². The van der Waals surface area contributed by atoms with Crippen LogP contribution in [0.2, 0.25) is 0 Å². The Morgan fingerprint density at radius 2 is 2.11 bits per heavy atom. The van der Waals surface area contributed by atoms with Crippen molar-refractivity contribution in [2.24, 2.45) is 5.92 Å². The minimum absolute atomic E-state index is 0.0423. The van der Waals surface area contributed by atoms with Crippen LogP contribution < -0.4 is 10.1 Å². The number of hydrogen-bond donors (Lipinski definition) is 1. The molecule has 0 unspecified atom stereocenters. The highest BCUT2D eigenvalue weighted by Gasteiger charge is 2.03. The molecule has 0 saturated heterocycles. The van der Waals surface area contributed by atoms with Gasteiger partial charge in [0.05, 0.1) is 6.54 Å². The van der Waals surface area contributed by atoms with Gasteiger partial charge in [0, 0.05) is 5.92 Å². The summed E-state index contributed by atoms with van der Waals surface area (Å²) in [7, 11) is 0. The summed E-state index contributed by atoms with van der Waals surface area (Å²) in [4.78, 5) is 11.2. The van der Waals surface area contributed by atoms with Crippen LogP contribution in [-0.4, -0.2) is 19.1 Å². The molecule has 0 aliphatic carbocycles. The van der Waals surface area contributed by atoms with Crippen molar-refractivity contribution in [1.29, 1.82) is 0 Å². The summed E-state index contributed by atoms with van der Waals surface area (Å²) in [5.41, 5.74) is 0. The summed E-state index contributed by atoms with van der Waals surface area (Å²) in [6.07, 6.45) is 0. The average Bonchev–Trinajstić information content (AvgIpc) is 2.35. The highest BCUT2D eigenvalue weighted by molar-refractivity contribution is 5.78. The van der Waals surface area contributed by atoms with E-state index in [1.807, 2.05) is 13.8 Å². The lowest BCUT2D eigenvalue weighted by Crippen LogP contribution is -2.27. The highest BCUT2D eigenvalue weighted by Crippen LogP contribution is 2.14. The molecule has 0 aromatic heterocycles. The summed E-state index contributed by atoms with van der Waals surface area (Å²) >= 11 is 0. The zero-order chi connectivity index (χ0) is 13.4. The maximum atomic E-state index is 13.1. The molecule has 1 aromatic rings. The molecule has 1 amide bonds. The predicted molar refractivity (Wildman–Crippen MR) is 67.5 cm³/mol. The van der Waals surface area contributed by atoms with E-state index in [1.165, 1.54) is 12.1 Å². The SMILES string of the molecule is CC(C)C(=O)NCC#CCOc1ccccc1F. The van der Waals surface area contributed by atoms with Crippen molar-refractivity contribution in [2.45, 2.75) is 13.8 Å².